The molecule has 0 aliphatic rings. The molecule has 0 aliphatic heterocycles. The summed E-state index contributed by atoms with van der Waals surface area (Å²) in [5, 5.41) is 3.29. The van der Waals surface area contributed by atoms with Gasteiger partial charge < -0.3 is 4.90 Å². The summed E-state index contributed by atoms with van der Waals surface area (Å²) >= 11 is 5.30. The summed E-state index contributed by atoms with van der Waals surface area (Å²) in [4.78, 5) is 3.87. The number of halogens is 1. The standard InChI is InChI=1S/C11H18BrNS/c1-13(8-4-2-3-7-12)10-11-6-5-9-14-11/h5-6,9H,2-4,7-8,10H2,1H3. The summed E-state index contributed by atoms with van der Waals surface area (Å²) in [6.45, 7) is 2.32. The van der Waals surface area contributed by atoms with Crippen LogP contribution in [0.5, 0.6) is 0 Å². The number of nitrogens with zero attached hydrogens (tertiary/aromatic N) is 1. The van der Waals surface area contributed by atoms with Crippen molar-refractivity contribution in [1.82, 2.24) is 4.90 Å². The number of hydrogen-bond acceptors (Lipinski definition) is 2. The number of thiophene rings is 1. The Hall–Kier alpha value is 0.140. The first-order chi connectivity index (χ1) is 6.83. The quantitative estimate of drug-likeness (QED) is 0.541. The minimum Gasteiger partial charge on any atom is -0.301 e. The van der Waals surface area contributed by atoms with Crippen LogP contribution in [-0.2, 0) is 6.54 Å². The molecule has 0 radical (unpaired) electrons. The molecule has 1 rings (SSSR count). The van der Waals surface area contributed by atoms with Crippen LogP contribution < -0.4 is 0 Å². The smallest absolute Gasteiger partial charge is 0.0324 e. The lowest BCUT2D eigenvalue weighted by Gasteiger charge is -2.14. The number of rotatable bonds is 7. The van der Waals surface area contributed by atoms with Gasteiger partial charge in [0, 0.05) is 16.8 Å². The second-order valence-corrected chi connectivity index (χ2v) is 5.39. The van der Waals surface area contributed by atoms with Crippen molar-refractivity contribution in [3.63, 3.8) is 0 Å². The van der Waals surface area contributed by atoms with Crippen LogP contribution in [-0.4, -0.2) is 23.8 Å². The van der Waals surface area contributed by atoms with Gasteiger partial charge in [-0.05, 0) is 37.9 Å². The fourth-order valence-electron chi connectivity index (χ4n) is 1.40. The maximum atomic E-state index is 3.45. The molecule has 0 fully saturated rings. The molecule has 3 heteroatoms. The van der Waals surface area contributed by atoms with Crippen LogP contribution in [0.4, 0.5) is 0 Å². The molecule has 0 unspecified atom stereocenters. The summed E-state index contributed by atoms with van der Waals surface area (Å²) < 4.78 is 0. The summed E-state index contributed by atoms with van der Waals surface area (Å²) in [5.41, 5.74) is 0. The highest BCUT2D eigenvalue weighted by atomic mass is 79.9. The van der Waals surface area contributed by atoms with Gasteiger partial charge in [-0.2, -0.15) is 0 Å². The molecule has 0 saturated carbocycles. The third kappa shape index (κ3) is 5.13. The Labute approximate surface area is 99.3 Å². The molecule has 0 atom stereocenters. The Balaban J connectivity index is 2.07. The van der Waals surface area contributed by atoms with Gasteiger partial charge in [0.2, 0.25) is 0 Å². The maximum Gasteiger partial charge on any atom is 0.0324 e. The van der Waals surface area contributed by atoms with Crippen molar-refractivity contribution in [2.75, 3.05) is 18.9 Å². The van der Waals surface area contributed by atoms with E-state index in [0.717, 1.165) is 11.9 Å². The van der Waals surface area contributed by atoms with Crippen LogP contribution in [0.1, 0.15) is 24.1 Å². The first-order valence-electron chi connectivity index (χ1n) is 5.10. The Morgan fingerprint density at radius 3 is 2.86 bits per heavy atom. The molecule has 0 spiro atoms. The van der Waals surface area contributed by atoms with Gasteiger partial charge in [-0.3, -0.25) is 0 Å². The van der Waals surface area contributed by atoms with Crippen molar-refractivity contribution in [2.45, 2.75) is 25.8 Å². The van der Waals surface area contributed by atoms with Crippen LogP contribution in [0, 0.1) is 0 Å². The van der Waals surface area contributed by atoms with Crippen molar-refractivity contribution in [2.24, 2.45) is 0 Å². The van der Waals surface area contributed by atoms with Crippen LogP contribution in [0.3, 0.4) is 0 Å². The van der Waals surface area contributed by atoms with Gasteiger partial charge in [0.1, 0.15) is 0 Å². The maximum absolute atomic E-state index is 3.45. The third-order valence-electron chi connectivity index (χ3n) is 2.18. The topological polar surface area (TPSA) is 3.24 Å². The second-order valence-electron chi connectivity index (χ2n) is 3.57. The summed E-state index contributed by atoms with van der Waals surface area (Å²) in [6, 6.07) is 4.33. The molecule has 1 heterocycles. The fraction of sp³-hybridized carbons (Fsp3) is 0.636. The normalized spacial score (nSPS) is 11.1. The molecule has 0 N–H and O–H groups in total. The molecule has 1 aromatic rings. The van der Waals surface area contributed by atoms with Gasteiger partial charge in [0.25, 0.3) is 0 Å². The van der Waals surface area contributed by atoms with E-state index in [0.29, 0.717) is 0 Å². The average molecular weight is 276 g/mol. The predicted octanol–water partition coefficient (Wildman–Crippen LogP) is 3.75. The molecule has 1 nitrogen and oxygen atoms in total. The highest BCUT2D eigenvalue weighted by molar-refractivity contribution is 9.09. The second kappa shape index (κ2) is 7.43. The monoisotopic (exact) mass is 275 g/mol. The molecule has 14 heavy (non-hydrogen) atoms. The zero-order valence-corrected chi connectivity index (χ0v) is 11.1. The van der Waals surface area contributed by atoms with E-state index in [4.69, 9.17) is 0 Å². The van der Waals surface area contributed by atoms with Crippen molar-refractivity contribution < 1.29 is 0 Å². The SMILES string of the molecule is CN(CCCCCBr)Cc1cccs1. The van der Waals surface area contributed by atoms with Gasteiger partial charge in [0.15, 0.2) is 0 Å². The van der Waals surface area contributed by atoms with Gasteiger partial charge >= 0.3 is 0 Å². The Morgan fingerprint density at radius 1 is 1.36 bits per heavy atom. The lowest BCUT2D eigenvalue weighted by Crippen LogP contribution is -2.18. The molecular formula is C11H18BrNS. The predicted molar refractivity (Wildman–Crippen MR) is 68.3 cm³/mol. The van der Waals surface area contributed by atoms with Crippen LogP contribution in [0.15, 0.2) is 17.5 Å². The molecule has 80 valence electrons. The fourth-order valence-corrected chi connectivity index (χ4v) is 2.58. The lowest BCUT2D eigenvalue weighted by molar-refractivity contribution is 0.321. The highest BCUT2D eigenvalue weighted by Crippen LogP contribution is 2.11. The van der Waals surface area contributed by atoms with Crippen molar-refractivity contribution in [3.05, 3.63) is 22.4 Å². The van der Waals surface area contributed by atoms with E-state index in [2.05, 4.69) is 45.4 Å². The zero-order valence-electron chi connectivity index (χ0n) is 8.71. The first-order valence-corrected chi connectivity index (χ1v) is 7.10. The van der Waals surface area contributed by atoms with Gasteiger partial charge in [0.05, 0.1) is 0 Å². The van der Waals surface area contributed by atoms with Crippen LogP contribution in [0.25, 0.3) is 0 Å². The largest absolute Gasteiger partial charge is 0.301 e. The zero-order chi connectivity index (χ0) is 10.2. The molecule has 0 aliphatic carbocycles. The van der Waals surface area contributed by atoms with E-state index < -0.39 is 0 Å². The Bertz CT molecular complexity index is 223. The Morgan fingerprint density at radius 2 is 2.21 bits per heavy atom. The summed E-state index contributed by atoms with van der Waals surface area (Å²) in [5.74, 6) is 0. The molecule has 0 bridgehead atoms. The van der Waals surface area contributed by atoms with Crippen molar-refractivity contribution in [3.8, 4) is 0 Å². The van der Waals surface area contributed by atoms with E-state index in [1.54, 1.807) is 0 Å². The van der Waals surface area contributed by atoms with E-state index >= 15 is 0 Å². The van der Waals surface area contributed by atoms with E-state index in [9.17, 15) is 0 Å². The average Bonchev–Trinajstić information content (AvgIpc) is 2.65. The van der Waals surface area contributed by atoms with Gasteiger partial charge in [-0.15, -0.1) is 11.3 Å². The van der Waals surface area contributed by atoms with E-state index in [1.165, 1.54) is 30.7 Å². The minimum absolute atomic E-state index is 1.10. The summed E-state index contributed by atoms with van der Waals surface area (Å²) in [6.07, 6.45) is 3.94. The summed E-state index contributed by atoms with van der Waals surface area (Å²) in [7, 11) is 2.20. The van der Waals surface area contributed by atoms with Gasteiger partial charge in [-0.25, -0.2) is 0 Å². The number of alkyl halides is 1. The first kappa shape index (κ1) is 12.2. The van der Waals surface area contributed by atoms with Crippen molar-refractivity contribution in [1.29, 1.82) is 0 Å². The molecular weight excluding hydrogens is 258 g/mol. The molecule has 0 saturated heterocycles. The van der Waals surface area contributed by atoms with E-state index in [1.807, 2.05) is 11.3 Å². The molecule has 0 aromatic carbocycles. The lowest BCUT2D eigenvalue weighted by atomic mass is 10.2. The molecule has 1 aromatic heterocycles. The Kier molecular flexibility index (Phi) is 6.48. The van der Waals surface area contributed by atoms with Gasteiger partial charge in [-0.1, -0.05) is 28.4 Å². The number of hydrogen-bond donors (Lipinski definition) is 0. The third-order valence-corrected chi connectivity index (χ3v) is 3.60. The number of unbranched alkanes of at least 4 members (excludes halogenated alkanes) is 2. The van der Waals surface area contributed by atoms with Crippen LogP contribution in [0.2, 0.25) is 0 Å². The van der Waals surface area contributed by atoms with Crippen molar-refractivity contribution >= 4 is 27.3 Å². The highest BCUT2D eigenvalue weighted by Gasteiger charge is 2.00. The van der Waals surface area contributed by atoms with Crippen LogP contribution >= 0.6 is 27.3 Å². The molecule has 0 amide bonds. The minimum atomic E-state index is 1.10. The van der Waals surface area contributed by atoms with E-state index in [-0.39, 0.29) is 0 Å².